The van der Waals surface area contributed by atoms with Gasteiger partial charge in [0.2, 0.25) is 11.8 Å². The van der Waals surface area contributed by atoms with Crippen molar-refractivity contribution in [3.8, 4) is 0 Å². The number of aromatic amines is 2. The van der Waals surface area contributed by atoms with Crippen LogP contribution >= 0.6 is 0 Å². The molecule has 7 rings (SSSR count). The Balaban J connectivity index is 0.919. The smallest absolute Gasteiger partial charge is 0.405 e. The first-order valence-corrected chi connectivity index (χ1v) is 20.9. The number of nitrogens with zero attached hydrogens (tertiary/aromatic N) is 5. The molecular formula is C43H60N8O4. The lowest BCUT2D eigenvalue weighted by Gasteiger charge is -2.37. The third kappa shape index (κ3) is 8.39. The van der Waals surface area contributed by atoms with Crippen LogP contribution in [0.2, 0.25) is 0 Å². The van der Waals surface area contributed by atoms with Crippen LogP contribution in [0.3, 0.4) is 0 Å². The van der Waals surface area contributed by atoms with Crippen molar-refractivity contribution in [2.45, 2.75) is 128 Å². The third-order valence-corrected chi connectivity index (χ3v) is 12.9. The molecule has 3 amide bonds. The summed E-state index contributed by atoms with van der Waals surface area (Å²) in [6.07, 6.45) is 25.7. The van der Waals surface area contributed by atoms with E-state index in [0.717, 1.165) is 107 Å². The van der Waals surface area contributed by atoms with Crippen LogP contribution in [-0.2, 0) is 9.59 Å². The number of allylic oxidation sites excluding steroid dienone is 8. The van der Waals surface area contributed by atoms with E-state index in [1.54, 1.807) is 4.90 Å². The molecule has 2 aromatic rings. The van der Waals surface area contributed by atoms with Gasteiger partial charge in [0.1, 0.15) is 17.7 Å². The molecule has 2 saturated heterocycles. The molecule has 296 valence electrons. The lowest BCUT2D eigenvalue weighted by Crippen LogP contribution is -2.50. The Morgan fingerprint density at radius 1 is 0.818 bits per heavy atom. The lowest BCUT2D eigenvalue weighted by molar-refractivity contribution is -0.138. The van der Waals surface area contributed by atoms with Crippen LogP contribution in [0.15, 0.2) is 60.0 Å². The number of nitrogens with one attached hydrogen (secondary N) is 3. The van der Waals surface area contributed by atoms with Gasteiger partial charge >= 0.3 is 6.09 Å². The summed E-state index contributed by atoms with van der Waals surface area (Å²) in [4.78, 5) is 61.6. The van der Waals surface area contributed by atoms with Gasteiger partial charge in [0.15, 0.2) is 0 Å². The standard InChI is InChI=1S/C43H60N8O4/c1-5-49(6-2)33-21-19-32(20-22-33)41(52)50-23-7-9-36(50)39-44-25-34(46-39)30-15-11-28(12-16-30)29-13-17-31(18-14-29)35-26-45-40(47-35)37-10-8-24-51(37)42(53)38(27(3)4)48-43(54)55/h11-15,17,25-27,30-33,36-38,48H,5-10,16,18-24H2,1-4H3,(H,44,46)(H,45,47)(H,54,55)/t30?,31?,32?,33?,36-,37-,38-/m0/s1. The highest BCUT2D eigenvalue weighted by Gasteiger charge is 2.39. The van der Waals surface area contributed by atoms with Crippen LogP contribution in [0.25, 0.3) is 0 Å². The van der Waals surface area contributed by atoms with Gasteiger partial charge in [-0.3, -0.25) is 9.59 Å². The SMILES string of the molecule is CCN(CC)C1CCC(C(=O)N2CCC[C@H]2c2ncc(C3C=CC(C4=CCC(c5cnc([C@@H]6CCCN6C(=O)[C@@H](NC(=O)O)C(C)C)[nH]5)C=C4)=CC3)[nH]2)CC1. The maximum atomic E-state index is 13.8. The molecule has 3 fully saturated rings. The molecule has 1 saturated carbocycles. The van der Waals surface area contributed by atoms with Crippen molar-refractivity contribution >= 4 is 17.9 Å². The lowest BCUT2D eigenvalue weighted by atomic mass is 9.84. The molecular weight excluding hydrogens is 693 g/mol. The third-order valence-electron chi connectivity index (χ3n) is 12.9. The quantitative estimate of drug-likeness (QED) is 0.178. The molecule has 0 radical (unpaired) electrons. The minimum Gasteiger partial charge on any atom is -0.465 e. The molecule has 2 aromatic heterocycles. The van der Waals surface area contributed by atoms with Gasteiger partial charge in [0.05, 0.1) is 12.1 Å². The van der Waals surface area contributed by atoms with Crippen molar-refractivity contribution in [2.75, 3.05) is 26.2 Å². The number of hydrogen-bond acceptors (Lipinski definition) is 6. The van der Waals surface area contributed by atoms with E-state index in [0.29, 0.717) is 18.5 Å². The molecule has 4 heterocycles. The normalized spacial score (nSPS) is 27.5. The highest BCUT2D eigenvalue weighted by molar-refractivity contribution is 5.86. The van der Waals surface area contributed by atoms with Crippen LogP contribution in [0.1, 0.15) is 139 Å². The zero-order valence-electron chi connectivity index (χ0n) is 33.0. The Morgan fingerprint density at radius 3 is 1.82 bits per heavy atom. The van der Waals surface area contributed by atoms with Crippen molar-refractivity contribution in [1.29, 1.82) is 0 Å². The van der Waals surface area contributed by atoms with Crippen molar-refractivity contribution in [1.82, 2.24) is 40.0 Å². The van der Waals surface area contributed by atoms with Crippen molar-refractivity contribution in [3.05, 3.63) is 83.0 Å². The van der Waals surface area contributed by atoms with Crippen LogP contribution in [0.5, 0.6) is 0 Å². The van der Waals surface area contributed by atoms with Gasteiger partial charge < -0.3 is 35.1 Å². The van der Waals surface area contributed by atoms with Gasteiger partial charge in [-0.25, -0.2) is 14.8 Å². The van der Waals surface area contributed by atoms with Crippen LogP contribution < -0.4 is 5.32 Å². The minimum atomic E-state index is -1.19. The number of likely N-dealkylation sites (tertiary alicyclic amines) is 2. The Bertz CT molecular complexity index is 1810. The first kappa shape index (κ1) is 38.8. The van der Waals surface area contributed by atoms with Crippen LogP contribution in [0.4, 0.5) is 4.79 Å². The van der Waals surface area contributed by atoms with E-state index in [1.165, 1.54) is 11.1 Å². The Kier molecular flexibility index (Phi) is 12.1. The fourth-order valence-electron chi connectivity index (χ4n) is 9.67. The number of amides is 3. The summed E-state index contributed by atoms with van der Waals surface area (Å²) in [6.45, 7) is 11.7. The molecule has 55 heavy (non-hydrogen) atoms. The molecule has 2 aliphatic heterocycles. The zero-order chi connectivity index (χ0) is 38.6. The molecule has 12 heteroatoms. The van der Waals surface area contributed by atoms with Gasteiger partial charge in [-0.05, 0) is 94.4 Å². The molecule has 4 N–H and O–H groups in total. The average Bonchev–Trinajstić information content (AvgIpc) is 4.04. The first-order chi connectivity index (χ1) is 26.6. The topological polar surface area (TPSA) is 151 Å². The molecule has 12 nitrogen and oxygen atoms in total. The van der Waals surface area contributed by atoms with E-state index in [9.17, 15) is 19.5 Å². The summed E-state index contributed by atoms with van der Waals surface area (Å²) in [5.41, 5.74) is 4.54. The number of rotatable bonds is 12. The Labute approximate surface area is 325 Å². The molecule has 5 aliphatic rings. The van der Waals surface area contributed by atoms with Crippen LogP contribution in [0, 0.1) is 11.8 Å². The van der Waals surface area contributed by atoms with Gasteiger partial charge in [0.25, 0.3) is 0 Å². The maximum Gasteiger partial charge on any atom is 0.405 e. The average molecular weight is 753 g/mol. The minimum absolute atomic E-state index is 0.0369. The van der Waals surface area contributed by atoms with Gasteiger partial charge in [-0.1, -0.05) is 64.2 Å². The number of aromatic nitrogens is 4. The molecule has 2 unspecified atom stereocenters. The molecule has 0 aromatic carbocycles. The second kappa shape index (κ2) is 17.1. The van der Waals surface area contributed by atoms with Crippen LogP contribution in [-0.4, -0.2) is 95.9 Å². The fraction of sp³-hybridized carbons (Fsp3) is 0.605. The van der Waals surface area contributed by atoms with E-state index in [2.05, 4.69) is 75.4 Å². The number of carbonyl (C=O) groups is 3. The number of carbonyl (C=O) groups excluding carboxylic acids is 2. The maximum absolute atomic E-state index is 13.8. The van der Waals surface area contributed by atoms with Gasteiger partial charge in [-0.15, -0.1) is 0 Å². The fourth-order valence-corrected chi connectivity index (χ4v) is 9.67. The molecule has 0 spiro atoms. The largest absolute Gasteiger partial charge is 0.465 e. The summed E-state index contributed by atoms with van der Waals surface area (Å²) < 4.78 is 0. The van der Waals surface area contributed by atoms with E-state index in [1.807, 2.05) is 26.2 Å². The van der Waals surface area contributed by atoms with E-state index < -0.39 is 12.1 Å². The van der Waals surface area contributed by atoms with Crippen molar-refractivity contribution in [3.63, 3.8) is 0 Å². The second-order valence-electron chi connectivity index (χ2n) is 16.4. The molecule has 5 atom stereocenters. The summed E-state index contributed by atoms with van der Waals surface area (Å²) in [6, 6.07) is -0.330. The number of H-pyrrole nitrogens is 2. The molecule has 0 bridgehead atoms. The van der Waals surface area contributed by atoms with E-state index in [4.69, 9.17) is 9.97 Å². The monoisotopic (exact) mass is 752 g/mol. The summed E-state index contributed by atoms with van der Waals surface area (Å²) in [5.74, 6) is 2.16. The predicted octanol–water partition coefficient (Wildman–Crippen LogP) is 7.29. The first-order valence-electron chi connectivity index (χ1n) is 20.9. The number of carboxylic acid groups (broad SMARTS) is 1. The summed E-state index contributed by atoms with van der Waals surface area (Å²) in [5, 5.41) is 11.7. The highest BCUT2D eigenvalue weighted by Crippen LogP contribution is 2.38. The summed E-state index contributed by atoms with van der Waals surface area (Å²) >= 11 is 0. The van der Waals surface area contributed by atoms with E-state index in [-0.39, 0.29) is 41.7 Å². The van der Waals surface area contributed by atoms with Gasteiger partial charge in [0, 0.05) is 60.7 Å². The van der Waals surface area contributed by atoms with Crippen molar-refractivity contribution < 1.29 is 19.5 Å². The Morgan fingerprint density at radius 2 is 1.35 bits per heavy atom. The predicted molar refractivity (Wildman–Crippen MR) is 212 cm³/mol. The molecule has 3 aliphatic carbocycles. The highest BCUT2D eigenvalue weighted by atomic mass is 16.4. The van der Waals surface area contributed by atoms with E-state index >= 15 is 0 Å². The Hall–Kier alpha value is -4.45. The summed E-state index contributed by atoms with van der Waals surface area (Å²) in [7, 11) is 0. The number of imidazole rings is 2. The number of hydrogen-bond donors (Lipinski definition) is 4. The second-order valence-corrected chi connectivity index (χ2v) is 16.4. The van der Waals surface area contributed by atoms with Gasteiger partial charge in [-0.2, -0.15) is 0 Å². The van der Waals surface area contributed by atoms with Crippen molar-refractivity contribution in [2.24, 2.45) is 11.8 Å². The zero-order valence-corrected chi connectivity index (χ0v) is 33.0.